The number of benzene rings is 2. The van der Waals surface area contributed by atoms with Crippen LogP contribution >= 0.6 is 15.9 Å². The number of nitrogens with one attached hydrogen (secondary N) is 1. The maximum absolute atomic E-state index is 14.7. The monoisotopic (exact) mass is 767 g/mol. The molecule has 2 N–H and O–H groups in total. The predicted octanol–water partition coefficient (Wildman–Crippen LogP) is 3.73. The van der Waals surface area contributed by atoms with Gasteiger partial charge in [-0.1, -0.05) is 58.4 Å². The number of anilines is 1. The zero-order valence-electron chi connectivity index (χ0n) is 28.9. The number of methoxy groups -OCH3 is 2. The summed E-state index contributed by atoms with van der Waals surface area (Å²) < 4.78 is 23.7. The standard InChI is InChI=1S/C38H46BrN3O9/c1-5-7-14-29(44)40-28(23-48-3)32(24-12-9-8-10-13-24)50-37(47)30-31-35(45)42(20-11-21-43)34(38(31)22-27(39)33(30)51-38)36(46)41(19-6-2)25-15-17-26(49-4)18-16-25/h5-6,8-10,12-13,15-18,27-28,30-34,43H,1-2,7,11,14,19-23H2,3-4H3,(H,40,44)/t27?,28-,30+,31-,32-,33+,34+,38-/m0/s1. The summed E-state index contributed by atoms with van der Waals surface area (Å²) in [4.78, 5) is 59.2. The normalized spacial score (nSPS) is 25.8. The van der Waals surface area contributed by atoms with Crippen molar-refractivity contribution in [2.24, 2.45) is 11.8 Å². The summed E-state index contributed by atoms with van der Waals surface area (Å²) in [6.45, 7) is 7.60. The fraction of sp³-hybridized carbons (Fsp3) is 0.474. The average molecular weight is 769 g/mol. The molecule has 3 aliphatic heterocycles. The molecule has 13 heteroatoms. The van der Waals surface area contributed by atoms with Crippen LogP contribution in [-0.2, 0) is 33.4 Å². The second-order valence-corrected chi connectivity index (χ2v) is 14.1. The topological polar surface area (TPSA) is 144 Å². The SMILES string of the molecule is C=CCCC(=O)N[C@@H](COC)[C@@H](OC(=O)[C@H]1[C@@H]2O[C@@]3(CC2Br)[C@@H]1C(=O)N(CCCO)[C@@H]3C(=O)N(CC=C)c1ccc(OC)cc1)c1ccccc1. The number of carbonyl (C=O) groups excluding carboxylic acids is 4. The van der Waals surface area contributed by atoms with Crippen molar-refractivity contribution in [2.45, 2.75) is 60.4 Å². The number of halogens is 1. The maximum Gasteiger partial charge on any atom is 0.313 e. The maximum atomic E-state index is 14.7. The van der Waals surface area contributed by atoms with E-state index in [1.807, 2.05) is 6.07 Å². The second kappa shape index (κ2) is 17.0. The van der Waals surface area contributed by atoms with E-state index in [0.29, 0.717) is 29.8 Å². The number of hydrogen-bond donors (Lipinski definition) is 2. The van der Waals surface area contributed by atoms with Gasteiger partial charge in [0.2, 0.25) is 11.8 Å². The van der Waals surface area contributed by atoms with Gasteiger partial charge in [-0.3, -0.25) is 19.2 Å². The molecule has 8 atom stereocenters. The van der Waals surface area contributed by atoms with Gasteiger partial charge >= 0.3 is 5.97 Å². The van der Waals surface area contributed by atoms with Crippen molar-refractivity contribution in [1.82, 2.24) is 10.2 Å². The van der Waals surface area contributed by atoms with Crippen molar-refractivity contribution in [3.05, 3.63) is 85.5 Å². The number of aliphatic hydroxyl groups excluding tert-OH is 1. The Morgan fingerprint density at radius 3 is 2.49 bits per heavy atom. The number of allylic oxidation sites excluding steroid dienone is 1. The first kappa shape index (κ1) is 38.2. The Balaban J connectivity index is 1.51. The Bertz CT molecular complexity index is 1570. The van der Waals surface area contributed by atoms with E-state index in [1.165, 1.54) is 16.9 Å². The van der Waals surface area contributed by atoms with Crippen LogP contribution in [0.4, 0.5) is 5.69 Å². The molecule has 0 saturated carbocycles. The fourth-order valence-corrected chi connectivity index (χ4v) is 8.59. The van der Waals surface area contributed by atoms with Gasteiger partial charge in [-0.15, -0.1) is 13.2 Å². The third-order valence-electron chi connectivity index (χ3n) is 9.82. The van der Waals surface area contributed by atoms with E-state index in [9.17, 15) is 24.3 Å². The zero-order chi connectivity index (χ0) is 36.7. The molecule has 2 bridgehead atoms. The van der Waals surface area contributed by atoms with Crippen molar-refractivity contribution < 1.29 is 43.2 Å². The summed E-state index contributed by atoms with van der Waals surface area (Å²) in [6, 6.07) is 14.2. The number of rotatable bonds is 18. The Morgan fingerprint density at radius 1 is 1.14 bits per heavy atom. The number of aliphatic hydroxyl groups is 1. The first-order valence-electron chi connectivity index (χ1n) is 17.1. The van der Waals surface area contributed by atoms with Crippen LogP contribution in [0.25, 0.3) is 0 Å². The molecule has 3 heterocycles. The highest BCUT2D eigenvalue weighted by molar-refractivity contribution is 9.09. The van der Waals surface area contributed by atoms with Crippen LogP contribution in [0.15, 0.2) is 79.9 Å². The van der Waals surface area contributed by atoms with Crippen LogP contribution in [-0.4, -0.2) is 103 Å². The molecule has 5 rings (SSSR count). The van der Waals surface area contributed by atoms with Gasteiger partial charge in [0.25, 0.3) is 5.91 Å². The van der Waals surface area contributed by atoms with E-state index in [2.05, 4.69) is 34.4 Å². The van der Waals surface area contributed by atoms with E-state index in [1.54, 1.807) is 67.8 Å². The van der Waals surface area contributed by atoms with Crippen LogP contribution in [0.2, 0.25) is 0 Å². The van der Waals surface area contributed by atoms with Gasteiger partial charge in [0, 0.05) is 43.7 Å². The zero-order valence-corrected chi connectivity index (χ0v) is 30.5. The molecule has 12 nitrogen and oxygen atoms in total. The van der Waals surface area contributed by atoms with Crippen molar-refractivity contribution in [3.8, 4) is 5.75 Å². The molecule has 0 aliphatic carbocycles. The largest absolute Gasteiger partial charge is 0.497 e. The van der Waals surface area contributed by atoms with Gasteiger partial charge < -0.3 is 39.2 Å². The van der Waals surface area contributed by atoms with Crippen molar-refractivity contribution in [1.29, 1.82) is 0 Å². The highest BCUT2D eigenvalue weighted by Crippen LogP contribution is 2.60. The first-order valence-corrected chi connectivity index (χ1v) is 18.0. The number of esters is 1. The van der Waals surface area contributed by atoms with Gasteiger partial charge in [0.05, 0.1) is 37.7 Å². The van der Waals surface area contributed by atoms with Crippen molar-refractivity contribution >= 4 is 45.3 Å². The first-order chi connectivity index (χ1) is 24.6. The number of alkyl halides is 1. The van der Waals surface area contributed by atoms with Crippen molar-refractivity contribution in [2.75, 3.05) is 45.4 Å². The molecule has 2 aromatic carbocycles. The highest BCUT2D eigenvalue weighted by Gasteiger charge is 2.77. The fourth-order valence-electron chi connectivity index (χ4n) is 7.65. The van der Waals surface area contributed by atoms with Crippen molar-refractivity contribution in [3.63, 3.8) is 0 Å². The third kappa shape index (κ3) is 7.62. The molecule has 3 amide bonds. The molecule has 3 aliphatic rings. The molecular weight excluding hydrogens is 722 g/mol. The summed E-state index contributed by atoms with van der Waals surface area (Å²) >= 11 is 3.71. The number of ether oxygens (including phenoxy) is 4. The Labute approximate surface area is 306 Å². The number of fused-ring (bicyclic) bond motifs is 1. The molecule has 3 saturated heterocycles. The lowest BCUT2D eigenvalue weighted by molar-refractivity contribution is -0.163. The summed E-state index contributed by atoms with van der Waals surface area (Å²) in [6.07, 6.45) is 2.69. The molecule has 2 aromatic rings. The summed E-state index contributed by atoms with van der Waals surface area (Å²) in [5, 5.41) is 12.7. The third-order valence-corrected chi connectivity index (χ3v) is 10.7. The number of hydrogen-bond acceptors (Lipinski definition) is 9. The number of amides is 3. The Hall–Kier alpha value is -4.04. The lowest BCUT2D eigenvalue weighted by atomic mass is 9.70. The highest BCUT2D eigenvalue weighted by atomic mass is 79.9. The molecule has 51 heavy (non-hydrogen) atoms. The van der Waals surface area contributed by atoms with Gasteiger partial charge in [0.15, 0.2) is 0 Å². The molecule has 1 unspecified atom stereocenters. The molecule has 0 aromatic heterocycles. The smallest absolute Gasteiger partial charge is 0.313 e. The number of likely N-dealkylation sites (tertiary alicyclic amines) is 1. The number of carbonyl (C=O) groups is 4. The predicted molar refractivity (Wildman–Crippen MR) is 193 cm³/mol. The Morgan fingerprint density at radius 2 is 1.86 bits per heavy atom. The second-order valence-electron chi connectivity index (χ2n) is 12.9. The van der Waals surface area contributed by atoms with E-state index < -0.39 is 59.5 Å². The Kier molecular flexibility index (Phi) is 12.7. The minimum atomic E-state index is -1.36. The minimum absolute atomic E-state index is 0.0423. The summed E-state index contributed by atoms with van der Waals surface area (Å²) in [5.41, 5.74) is -0.162. The molecule has 3 fully saturated rings. The van der Waals surface area contributed by atoms with Gasteiger partial charge in [-0.2, -0.15) is 0 Å². The van der Waals surface area contributed by atoms with Gasteiger partial charge in [0.1, 0.15) is 23.5 Å². The van der Waals surface area contributed by atoms with Gasteiger partial charge in [-0.25, -0.2) is 0 Å². The van der Waals surface area contributed by atoms with E-state index in [4.69, 9.17) is 18.9 Å². The van der Waals surface area contributed by atoms with E-state index in [0.717, 1.165) is 0 Å². The summed E-state index contributed by atoms with van der Waals surface area (Å²) in [7, 11) is 3.04. The minimum Gasteiger partial charge on any atom is -0.497 e. The van der Waals surface area contributed by atoms with Crippen LogP contribution in [0.5, 0.6) is 5.75 Å². The van der Waals surface area contributed by atoms with Crippen LogP contribution < -0.4 is 15.0 Å². The quantitative estimate of drug-likeness (QED) is 0.132. The van der Waals surface area contributed by atoms with Crippen LogP contribution in [0, 0.1) is 11.8 Å². The average Bonchev–Trinajstić information content (AvgIpc) is 3.73. The van der Waals surface area contributed by atoms with Crippen LogP contribution in [0.3, 0.4) is 0 Å². The van der Waals surface area contributed by atoms with Gasteiger partial charge in [-0.05, 0) is 49.1 Å². The molecule has 274 valence electrons. The molecular formula is C38H46BrN3O9. The lowest BCUT2D eigenvalue weighted by Crippen LogP contribution is -2.57. The molecule has 0 radical (unpaired) electrons. The van der Waals surface area contributed by atoms with E-state index in [-0.39, 0.29) is 49.9 Å². The molecule has 1 spiro atoms. The van der Waals surface area contributed by atoms with E-state index >= 15 is 0 Å². The van der Waals surface area contributed by atoms with Crippen LogP contribution in [0.1, 0.15) is 37.4 Å². The number of nitrogens with zero attached hydrogens (tertiary/aromatic N) is 2. The lowest BCUT2D eigenvalue weighted by Gasteiger charge is -2.37. The summed E-state index contributed by atoms with van der Waals surface area (Å²) in [5.74, 6) is -3.24.